The largest absolute Gasteiger partial charge is 0.481 e. The number of carboxylic acid groups (broad SMARTS) is 1. The summed E-state index contributed by atoms with van der Waals surface area (Å²) >= 11 is 0. The topological polar surface area (TPSA) is 60.9 Å². The highest BCUT2D eigenvalue weighted by Crippen LogP contribution is 2.26. The monoisotopic (exact) mass is 212 g/mol. The summed E-state index contributed by atoms with van der Waals surface area (Å²) in [5, 5.41) is 8.69. The smallest absolute Gasteiger partial charge is 0.320 e. The lowest BCUT2D eigenvalue weighted by atomic mass is 9.92. The molecule has 0 atom stereocenters. The van der Waals surface area contributed by atoms with Gasteiger partial charge in [0.2, 0.25) is 0 Å². The van der Waals surface area contributed by atoms with Crippen molar-refractivity contribution in [2.75, 3.05) is 20.1 Å². The van der Waals surface area contributed by atoms with Crippen LogP contribution in [0.25, 0.3) is 0 Å². The first-order chi connectivity index (χ1) is 7.09. The minimum absolute atomic E-state index is 0.0165. The SMILES string of the molecule is CN(C(=O)N1CC(C(=O)O)C1)C1CCC1. The summed E-state index contributed by atoms with van der Waals surface area (Å²) in [6.07, 6.45) is 3.36. The molecule has 1 aliphatic heterocycles. The fourth-order valence-electron chi connectivity index (χ4n) is 1.94. The van der Waals surface area contributed by atoms with Crippen molar-refractivity contribution in [2.24, 2.45) is 5.92 Å². The fourth-order valence-corrected chi connectivity index (χ4v) is 1.94. The molecule has 0 aromatic heterocycles. The third-order valence-electron chi connectivity index (χ3n) is 3.43. The van der Waals surface area contributed by atoms with E-state index in [1.165, 1.54) is 6.42 Å². The average molecular weight is 212 g/mol. The molecule has 1 saturated carbocycles. The molecule has 0 aromatic rings. The number of urea groups is 1. The molecule has 15 heavy (non-hydrogen) atoms. The number of hydrogen-bond acceptors (Lipinski definition) is 2. The van der Waals surface area contributed by atoms with Crippen molar-refractivity contribution in [3.05, 3.63) is 0 Å². The van der Waals surface area contributed by atoms with Gasteiger partial charge in [0.25, 0.3) is 0 Å². The van der Waals surface area contributed by atoms with E-state index >= 15 is 0 Å². The zero-order valence-corrected chi connectivity index (χ0v) is 8.85. The van der Waals surface area contributed by atoms with Crippen molar-refractivity contribution in [1.82, 2.24) is 9.80 Å². The van der Waals surface area contributed by atoms with Crippen LogP contribution >= 0.6 is 0 Å². The van der Waals surface area contributed by atoms with Crippen molar-refractivity contribution in [3.63, 3.8) is 0 Å². The lowest BCUT2D eigenvalue weighted by Crippen LogP contribution is -2.58. The van der Waals surface area contributed by atoms with Crippen LogP contribution in [-0.4, -0.2) is 53.1 Å². The molecule has 84 valence electrons. The van der Waals surface area contributed by atoms with E-state index in [0.717, 1.165) is 12.8 Å². The highest BCUT2D eigenvalue weighted by atomic mass is 16.4. The molecule has 0 aromatic carbocycles. The summed E-state index contributed by atoms with van der Waals surface area (Å²) in [5.41, 5.74) is 0. The second-order valence-electron chi connectivity index (χ2n) is 4.42. The molecule has 1 aliphatic carbocycles. The van der Waals surface area contributed by atoms with Crippen molar-refractivity contribution >= 4 is 12.0 Å². The van der Waals surface area contributed by atoms with E-state index in [1.54, 1.807) is 16.8 Å². The second-order valence-corrected chi connectivity index (χ2v) is 4.42. The predicted molar refractivity (Wildman–Crippen MR) is 53.5 cm³/mol. The molecule has 1 heterocycles. The molecule has 1 N–H and O–H groups in total. The number of amides is 2. The van der Waals surface area contributed by atoms with E-state index in [-0.39, 0.29) is 11.9 Å². The standard InChI is InChI=1S/C10H16N2O3/c1-11(8-3-2-4-8)10(15)12-5-7(6-12)9(13)14/h7-8H,2-6H2,1H3,(H,13,14). The quantitative estimate of drug-likeness (QED) is 0.729. The summed E-state index contributed by atoms with van der Waals surface area (Å²) < 4.78 is 0. The van der Waals surface area contributed by atoms with Gasteiger partial charge in [0, 0.05) is 26.2 Å². The Hall–Kier alpha value is -1.26. The van der Waals surface area contributed by atoms with Crippen molar-refractivity contribution < 1.29 is 14.7 Å². The third-order valence-corrected chi connectivity index (χ3v) is 3.43. The van der Waals surface area contributed by atoms with E-state index in [0.29, 0.717) is 19.1 Å². The van der Waals surface area contributed by atoms with Crippen LogP contribution in [0.2, 0.25) is 0 Å². The zero-order chi connectivity index (χ0) is 11.0. The van der Waals surface area contributed by atoms with Crippen LogP contribution in [0.3, 0.4) is 0 Å². The van der Waals surface area contributed by atoms with Gasteiger partial charge in [-0.3, -0.25) is 4.79 Å². The van der Waals surface area contributed by atoms with Crippen LogP contribution in [0, 0.1) is 5.92 Å². The van der Waals surface area contributed by atoms with Gasteiger partial charge in [-0.2, -0.15) is 0 Å². The Kier molecular flexibility index (Phi) is 2.54. The van der Waals surface area contributed by atoms with Crippen molar-refractivity contribution in [2.45, 2.75) is 25.3 Å². The fraction of sp³-hybridized carbons (Fsp3) is 0.800. The van der Waals surface area contributed by atoms with Crippen LogP contribution in [0.4, 0.5) is 4.79 Å². The maximum absolute atomic E-state index is 11.8. The van der Waals surface area contributed by atoms with Gasteiger partial charge in [0.15, 0.2) is 0 Å². The van der Waals surface area contributed by atoms with Gasteiger partial charge < -0.3 is 14.9 Å². The Bertz CT molecular complexity index is 282. The van der Waals surface area contributed by atoms with Gasteiger partial charge in [-0.05, 0) is 19.3 Å². The van der Waals surface area contributed by atoms with Crippen LogP contribution in [0.15, 0.2) is 0 Å². The Morgan fingerprint density at radius 3 is 2.33 bits per heavy atom. The van der Waals surface area contributed by atoms with Crippen LogP contribution in [-0.2, 0) is 4.79 Å². The third kappa shape index (κ3) is 1.78. The minimum atomic E-state index is -0.801. The molecule has 2 aliphatic rings. The summed E-state index contributed by atoms with van der Waals surface area (Å²) in [4.78, 5) is 25.7. The number of carboxylic acids is 1. The summed E-state index contributed by atoms with van der Waals surface area (Å²) in [6.45, 7) is 0.733. The van der Waals surface area contributed by atoms with Gasteiger partial charge >= 0.3 is 12.0 Å². The maximum Gasteiger partial charge on any atom is 0.320 e. The maximum atomic E-state index is 11.8. The number of nitrogens with zero attached hydrogens (tertiary/aromatic N) is 2. The van der Waals surface area contributed by atoms with E-state index < -0.39 is 5.97 Å². The highest BCUT2D eigenvalue weighted by molar-refractivity contribution is 5.79. The summed E-state index contributed by atoms with van der Waals surface area (Å²) in [7, 11) is 1.81. The van der Waals surface area contributed by atoms with E-state index in [1.807, 2.05) is 0 Å². The first kappa shape index (κ1) is 10.3. The number of rotatable bonds is 2. The molecule has 2 fully saturated rings. The molecule has 1 saturated heterocycles. The Morgan fingerprint density at radius 2 is 1.93 bits per heavy atom. The molecule has 0 radical (unpaired) electrons. The number of carbonyl (C=O) groups excluding carboxylic acids is 1. The first-order valence-corrected chi connectivity index (χ1v) is 5.34. The van der Waals surface area contributed by atoms with Gasteiger partial charge in [-0.25, -0.2) is 4.79 Å². The van der Waals surface area contributed by atoms with E-state index in [4.69, 9.17) is 5.11 Å². The van der Waals surface area contributed by atoms with Crippen molar-refractivity contribution in [3.8, 4) is 0 Å². The second kappa shape index (κ2) is 3.72. The number of hydrogen-bond donors (Lipinski definition) is 1. The Labute approximate surface area is 88.6 Å². The minimum Gasteiger partial charge on any atom is -0.481 e. The number of likely N-dealkylation sites (tertiary alicyclic amines) is 1. The molecule has 2 rings (SSSR count). The van der Waals surface area contributed by atoms with Crippen LogP contribution in [0.1, 0.15) is 19.3 Å². The van der Waals surface area contributed by atoms with Gasteiger partial charge in [0.05, 0.1) is 5.92 Å². The molecule has 0 bridgehead atoms. The Balaban J connectivity index is 1.80. The lowest BCUT2D eigenvalue weighted by molar-refractivity contribution is -0.146. The number of carbonyl (C=O) groups is 2. The molecule has 0 unspecified atom stereocenters. The average Bonchev–Trinajstić information content (AvgIpc) is 1.96. The molecule has 5 nitrogen and oxygen atoms in total. The summed E-state index contributed by atoms with van der Waals surface area (Å²) in [6, 6.07) is 0.360. The van der Waals surface area contributed by atoms with Crippen LogP contribution in [0.5, 0.6) is 0 Å². The molecule has 5 heteroatoms. The lowest BCUT2D eigenvalue weighted by Gasteiger charge is -2.43. The Morgan fingerprint density at radius 1 is 1.33 bits per heavy atom. The summed E-state index contributed by atoms with van der Waals surface area (Å²) in [5.74, 6) is -1.16. The number of aliphatic carboxylic acids is 1. The predicted octanol–water partition coefficient (Wildman–Crippen LogP) is 0.607. The van der Waals surface area contributed by atoms with Gasteiger partial charge in [0.1, 0.15) is 0 Å². The molecular weight excluding hydrogens is 196 g/mol. The van der Waals surface area contributed by atoms with Gasteiger partial charge in [-0.15, -0.1) is 0 Å². The zero-order valence-electron chi connectivity index (χ0n) is 8.85. The molecular formula is C10H16N2O3. The van der Waals surface area contributed by atoms with Gasteiger partial charge in [-0.1, -0.05) is 0 Å². The van der Waals surface area contributed by atoms with E-state index in [9.17, 15) is 9.59 Å². The first-order valence-electron chi connectivity index (χ1n) is 5.34. The normalized spacial score (nSPS) is 21.8. The molecule has 0 spiro atoms. The highest BCUT2D eigenvalue weighted by Gasteiger charge is 2.38. The van der Waals surface area contributed by atoms with Crippen LogP contribution < -0.4 is 0 Å². The molecule has 2 amide bonds. The van der Waals surface area contributed by atoms with Crippen molar-refractivity contribution in [1.29, 1.82) is 0 Å². The van der Waals surface area contributed by atoms with E-state index in [2.05, 4.69) is 0 Å².